The number of ketones is 1. The number of nitrogens with zero attached hydrogens (tertiary/aromatic N) is 1. The molecule has 1 aliphatic rings. The summed E-state index contributed by atoms with van der Waals surface area (Å²) in [6.07, 6.45) is 0. The van der Waals surface area contributed by atoms with Crippen molar-refractivity contribution in [2.45, 2.75) is 26.8 Å². The largest absolute Gasteiger partial charge is 0.298 e. The molecule has 18 heavy (non-hydrogen) atoms. The van der Waals surface area contributed by atoms with E-state index in [0.717, 1.165) is 10.5 Å². The fraction of sp³-hybridized carbons (Fsp3) is 0.357. The monoisotopic (exact) mass is 245 g/mol. The third kappa shape index (κ3) is 1.65. The SMILES string of the molecule is CC(c1ccccc1)N1C(=O)C(=O)C(C)(C)C1=O. The number of rotatable bonds is 2. The van der Waals surface area contributed by atoms with Gasteiger partial charge in [0, 0.05) is 0 Å². The van der Waals surface area contributed by atoms with Gasteiger partial charge in [0.05, 0.1) is 6.04 Å². The lowest BCUT2D eigenvalue weighted by Crippen LogP contribution is -2.35. The van der Waals surface area contributed by atoms with Crippen molar-refractivity contribution >= 4 is 17.6 Å². The van der Waals surface area contributed by atoms with Crippen molar-refractivity contribution in [1.82, 2.24) is 4.90 Å². The molecule has 2 amide bonds. The first-order valence-electron chi connectivity index (χ1n) is 5.84. The van der Waals surface area contributed by atoms with Gasteiger partial charge in [-0.15, -0.1) is 0 Å². The first kappa shape index (κ1) is 12.5. The van der Waals surface area contributed by atoms with E-state index in [1.165, 1.54) is 13.8 Å². The molecule has 0 aliphatic carbocycles. The van der Waals surface area contributed by atoms with E-state index in [1.807, 2.05) is 30.3 Å². The maximum atomic E-state index is 12.1. The molecule has 4 heteroatoms. The van der Waals surface area contributed by atoms with Gasteiger partial charge in [0.2, 0.25) is 11.7 Å². The molecule has 0 aromatic heterocycles. The van der Waals surface area contributed by atoms with Gasteiger partial charge in [-0.05, 0) is 26.3 Å². The second-order valence-corrected chi connectivity index (χ2v) is 5.02. The maximum absolute atomic E-state index is 12.1. The zero-order valence-corrected chi connectivity index (χ0v) is 10.6. The molecule has 1 unspecified atom stereocenters. The highest BCUT2D eigenvalue weighted by molar-refractivity contribution is 6.49. The summed E-state index contributed by atoms with van der Waals surface area (Å²) in [5.41, 5.74) is -0.398. The van der Waals surface area contributed by atoms with Crippen LogP contribution in [-0.4, -0.2) is 22.5 Å². The topological polar surface area (TPSA) is 54.5 Å². The van der Waals surface area contributed by atoms with E-state index >= 15 is 0 Å². The van der Waals surface area contributed by atoms with E-state index in [1.54, 1.807) is 6.92 Å². The summed E-state index contributed by atoms with van der Waals surface area (Å²) in [6, 6.07) is 8.78. The number of imide groups is 1. The highest BCUT2D eigenvalue weighted by atomic mass is 16.2. The summed E-state index contributed by atoms with van der Waals surface area (Å²) < 4.78 is 0. The second-order valence-electron chi connectivity index (χ2n) is 5.02. The molecule has 0 saturated carbocycles. The lowest BCUT2D eigenvalue weighted by Gasteiger charge is -2.23. The van der Waals surface area contributed by atoms with Crippen LogP contribution < -0.4 is 0 Å². The van der Waals surface area contributed by atoms with Crippen molar-refractivity contribution in [3.8, 4) is 0 Å². The van der Waals surface area contributed by atoms with Crippen LogP contribution >= 0.6 is 0 Å². The molecule has 0 radical (unpaired) electrons. The van der Waals surface area contributed by atoms with Crippen LogP contribution in [0.1, 0.15) is 32.4 Å². The van der Waals surface area contributed by atoms with Crippen LogP contribution in [0.4, 0.5) is 0 Å². The molecule has 94 valence electrons. The Morgan fingerprint density at radius 3 is 2.06 bits per heavy atom. The number of carbonyl (C=O) groups is 3. The Kier molecular flexibility index (Phi) is 2.81. The van der Waals surface area contributed by atoms with Gasteiger partial charge in [0.1, 0.15) is 5.41 Å². The van der Waals surface area contributed by atoms with Crippen molar-refractivity contribution in [1.29, 1.82) is 0 Å². The Hall–Kier alpha value is -1.97. The molecule has 4 nitrogen and oxygen atoms in total. The summed E-state index contributed by atoms with van der Waals surface area (Å²) >= 11 is 0. The quantitative estimate of drug-likeness (QED) is 0.453. The molecule has 1 atom stereocenters. The molecule has 1 aromatic rings. The highest BCUT2D eigenvalue weighted by Gasteiger charge is 2.54. The van der Waals surface area contributed by atoms with Crippen LogP contribution in [0.5, 0.6) is 0 Å². The fourth-order valence-corrected chi connectivity index (χ4v) is 2.10. The molecular formula is C14H15NO3. The van der Waals surface area contributed by atoms with Gasteiger partial charge in [-0.25, -0.2) is 0 Å². The van der Waals surface area contributed by atoms with Gasteiger partial charge in [-0.1, -0.05) is 30.3 Å². The summed E-state index contributed by atoms with van der Waals surface area (Å²) in [6.45, 7) is 4.74. The van der Waals surface area contributed by atoms with E-state index in [-0.39, 0.29) is 0 Å². The van der Waals surface area contributed by atoms with E-state index < -0.39 is 29.1 Å². The normalized spacial score (nSPS) is 20.4. The van der Waals surface area contributed by atoms with Gasteiger partial charge in [0.15, 0.2) is 0 Å². The zero-order valence-electron chi connectivity index (χ0n) is 10.6. The molecule has 0 spiro atoms. The Labute approximate surface area is 106 Å². The summed E-state index contributed by atoms with van der Waals surface area (Å²) in [4.78, 5) is 36.9. The molecule has 0 bridgehead atoms. The lowest BCUT2D eigenvalue weighted by atomic mass is 9.90. The molecule has 2 rings (SSSR count). The number of amides is 2. The number of hydrogen-bond donors (Lipinski definition) is 0. The van der Waals surface area contributed by atoms with Crippen LogP contribution in [0.25, 0.3) is 0 Å². The standard InChI is InChI=1S/C14H15NO3/c1-9(10-7-5-4-6-8-10)15-12(17)11(16)14(2,3)13(15)18/h4-9H,1-3H3. The third-order valence-corrected chi connectivity index (χ3v) is 3.40. The molecule has 1 aliphatic heterocycles. The van der Waals surface area contributed by atoms with Crippen molar-refractivity contribution in [2.75, 3.05) is 0 Å². The number of hydrogen-bond acceptors (Lipinski definition) is 3. The highest BCUT2D eigenvalue weighted by Crippen LogP contribution is 2.34. The van der Waals surface area contributed by atoms with E-state index in [9.17, 15) is 14.4 Å². The Balaban J connectivity index is 2.38. The molecular weight excluding hydrogens is 230 g/mol. The third-order valence-electron chi connectivity index (χ3n) is 3.40. The zero-order chi connectivity index (χ0) is 13.5. The van der Waals surface area contributed by atoms with Crippen LogP contribution in [0.2, 0.25) is 0 Å². The maximum Gasteiger partial charge on any atom is 0.298 e. The van der Waals surface area contributed by atoms with Crippen molar-refractivity contribution in [2.24, 2.45) is 5.41 Å². The molecule has 1 heterocycles. The minimum atomic E-state index is -1.24. The summed E-state index contributed by atoms with van der Waals surface area (Å²) in [7, 11) is 0. The van der Waals surface area contributed by atoms with E-state index in [0.29, 0.717) is 0 Å². The first-order valence-corrected chi connectivity index (χ1v) is 5.84. The minimum Gasteiger partial charge on any atom is -0.287 e. The Bertz CT molecular complexity index is 519. The molecule has 1 saturated heterocycles. The number of carbonyl (C=O) groups excluding carboxylic acids is 3. The van der Waals surface area contributed by atoms with Gasteiger partial charge < -0.3 is 0 Å². The van der Waals surface area contributed by atoms with Crippen LogP contribution in [-0.2, 0) is 14.4 Å². The molecule has 1 fully saturated rings. The molecule has 1 aromatic carbocycles. The molecule has 0 N–H and O–H groups in total. The van der Waals surface area contributed by atoms with Crippen molar-refractivity contribution < 1.29 is 14.4 Å². The summed E-state index contributed by atoms with van der Waals surface area (Å²) in [5, 5.41) is 0. The van der Waals surface area contributed by atoms with Crippen molar-refractivity contribution in [3.63, 3.8) is 0 Å². The predicted octanol–water partition coefficient (Wildman–Crippen LogP) is 1.71. The van der Waals surface area contributed by atoms with Gasteiger partial charge in [-0.3, -0.25) is 19.3 Å². The number of benzene rings is 1. The van der Waals surface area contributed by atoms with Crippen molar-refractivity contribution in [3.05, 3.63) is 35.9 Å². The van der Waals surface area contributed by atoms with Gasteiger partial charge in [-0.2, -0.15) is 0 Å². The van der Waals surface area contributed by atoms with Crippen LogP contribution in [0, 0.1) is 5.41 Å². The average Bonchev–Trinajstić information content (AvgIpc) is 2.51. The smallest absolute Gasteiger partial charge is 0.287 e. The van der Waals surface area contributed by atoms with Crippen LogP contribution in [0.15, 0.2) is 30.3 Å². The Morgan fingerprint density at radius 2 is 1.61 bits per heavy atom. The fourth-order valence-electron chi connectivity index (χ4n) is 2.10. The summed E-state index contributed by atoms with van der Waals surface area (Å²) in [5.74, 6) is -1.76. The van der Waals surface area contributed by atoms with E-state index in [4.69, 9.17) is 0 Å². The predicted molar refractivity (Wildman–Crippen MR) is 65.5 cm³/mol. The lowest BCUT2D eigenvalue weighted by molar-refractivity contribution is -0.145. The Morgan fingerprint density at radius 1 is 1.06 bits per heavy atom. The average molecular weight is 245 g/mol. The van der Waals surface area contributed by atoms with E-state index in [2.05, 4.69) is 0 Å². The first-order chi connectivity index (χ1) is 8.37. The number of likely N-dealkylation sites (tertiary alicyclic amines) is 1. The number of Topliss-reactive ketones (excluding diaryl/α,β-unsaturated/α-hetero) is 1. The second kappa shape index (κ2) is 4.05. The van der Waals surface area contributed by atoms with Crippen LogP contribution in [0.3, 0.4) is 0 Å². The van der Waals surface area contributed by atoms with Gasteiger partial charge in [0.25, 0.3) is 5.91 Å². The van der Waals surface area contributed by atoms with Gasteiger partial charge >= 0.3 is 0 Å². The minimum absolute atomic E-state index is 0.420.